The van der Waals surface area contributed by atoms with Gasteiger partial charge >= 0.3 is 6.03 Å². The number of urea groups is 1. The first-order valence-corrected chi connectivity index (χ1v) is 7.94. The molecule has 5 heteroatoms. The second-order valence-electron chi connectivity index (χ2n) is 6.08. The van der Waals surface area contributed by atoms with Crippen molar-refractivity contribution in [2.24, 2.45) is 0 Å². The zero-order valence-corrected chi connectivity index (χ0v) is 13.0. The van der Waals surface area contributed by atoms with Crippen LogP contribution < -0.4 is 5.32 Å². The van der Waals surface area contributed by atoms with Gasteiger partial charge in [0.15, 0.2) is 0 Å². The maximum atomic E-state index is 12.0. The van der Waals surface area contributed by atoms with Gasteiger partial charge in [0.2, 0.25) is 0 Å². The fraction of sp³-hybridized carbons (Fsp3) is 0.688. The van der Waals surface area contributed by atoms with Crippen LogP contribution in [0.3, 0.4) is 0 Å². The maximum Gasteiger partial charge on any atom is 0.317 e. The van der Waals surface area contributed by atoms with Gasteiger partial charge < -0.3 is 19.5 Å². The lowest BCUT2D eigenvalue weighted by atomic mass is 10.2. The average molecular weight is 291 g/mol. The van der Waals surface area contributed by atoms with Gasteiger partial charge in [0.25, 0.3) is 0 Å². The van der Waals surface area contributed by atoms with Crippen LogP contribution in [0.15, 0.2) is 6.07 Å². The predicted molar refractivity (Wildman–Crippen MR) is 81.7 cm³/mol. The Kier molecular flexibility index (Phi) is 4.19. The van der Waals surface area contributed by atoms with E-state index in [4.69, 9.17) is 4.74 Å². The van der Waals surface area contributed by atoms with Crippen LogP contribution in [0.5, 0.6) is 0 Å². The summed E-state index contributed by atoms with van der Waals surface area (Å²) < 4.78 is 7.72. The van der Waals surface area contributed by atoms with Gasteiger partial charge in [0.05, 0.1) is 13.2 Å². The lowest BCUT2D eigenvalue weighted by Crippen LogP contribution is -2.46. The number of nitrogens with one attached hydrogen (secondary N) is 1. The van der Waals surface area contributed by atoms with E-state index < -0.39 is 0 Å². The highest BCUT2D eigenvalue weighted by Crippen LogP contribution is 2.38. The second kappa shape index (κ2) is 6.10. The van der Waals surface area contributed by atoms with Crippen LogP contribution in [0, 0.1) is 13.8 Å². The number of hydrogen-bond acceptors (Lipinski definition) is 2. The summed E-state index contributed by atoms with van der Waals surface area (Å²) in [5.41, 5.74) is 4.09. The van der Waals surface area contributed by atoms with Crippen LogP contribution in [-0.4, -0.2) is 48.3 Å². The molecule has 1 saturated carbocycles. The van der Waals surface area contributed by atoms with E-state index in [1.807, 2.05) is 4.90 Å². The van der Waals surface area contributed by atoms with E-state index in [9.17, 15) is 4.79 Å². The highest BCUT2D eigenvalue weighted by Gasteiger charge is 2.26. The van der Waals surface area contributed by atoms with Crippen LogP contribution in [-0.2, 0) is 11.2 Å². The third-order valence-corrected chi connectivity index (χ3v) is 4.47. The normalized spacial score (nSPS) is 18.9. The number of carbonyl (C=O) groups excluding carboxylic acids is 1. The average Bonchev–Trinajstić information content (AvgIpc) is 3.27. The molecular formula is C16H25N3O2. The van der Waals surface area contributed by atoms with Crippen molar-refractivity contribution in [3.8, 4) is 0 Å². The number of ether oxygens (including phenoxy) is 1. The summed E-state index contributed by atoms with van der Waals surface area (Å²) in [4.78, 5) is 13.8. The number of aryl methyl sites for hydroxylation is 1. The Morgan fingerprint density at radius 1 is 1.33 bits per heavy atom. The second-order valence-corrected chi connectivity index (χ2v) is 6.08. The van der Waals surface area contributed by atoms with Gasteiger partial charge in [-0.3, -0.25) is 0 Å². The van der Waals surface area contributed by atoms with Crippen molar-refractivity contribution in [2.75, 3.05) is 32.8 Å². The molecule has 2 heterocycles. The first-order chi connectivity index (χ1) is 10.2. The third-order valence-electron chi connectivity index (χ3n) is 4.47. The van der Waals surface area contributed by atoms with Crippen LogP contribution in [0.4, 0.5) is 4.79 Å². The molecular weight excluding hydrogens is 266 g/mol. The quantitative estimate of drug-likeness (QED) is 0.922. The molecule has 0 radical (unpaired) electrons. The Hall–Kier alpha value is -1.49. The standard InChI is InChI=1S/C16H25N3O2/c1-12-11-14(13(2)19(12)15-3-4-15)5-6-17-16(20)18-7-9-21-10-8-18/h11,15H,3-10H2,1-2H3,(H,17,20). The number of nitrogens with zero attached hydrogens (tertiary/aromatic N) is 2. The van der Waals surface area contributed by atoms with Crippen molar-refractivity contribution in [2.45, 2.75) is 39.2 Å². The molecule has 0 spiro atoms. The van der Waals surface area contributed by atoms with Crippen molar-refractivity contribution in [3.05, 3.63) is 23.0 Å². The van der Waals surface area contributed by atoms with E-state index >= 15 is 0 Å². The van der Waals surface area contributed by atoms with Crippen molar-refractivity contribution in [1.29, 1.82) is 0 Å². The molecule has 0 bridgehead atoms. The lowest BCUT2D eigenvalue weighted by Gasteiger charge is -2.26. The Balaban J connectivity index is 1.51. The molecule has 1 N–H and O–H groups in total. The van der Waals surface area contributed by atoms with Crippen LogP contribution in [0.2, 0.25) is 0 Å². The molecule has 21 heavy (non-hydrogen) atoms. The Bertz CT molecular complexity index is 514. The first kappa shape index (κ1) is 14.4. The minimum absolute atomic E-state index is 0.0364. The van der Waals surface area contributed by atoms with E-state index in [0.717, 1.165) is 12.5 Å². The van der Waals surface area contributed by atoms with Gasteiger partial charge in [-0.2, -0.15) is 0 Å². The summed E-state index contributed by atoms with van der Waals surface area (Å²) >= 11 is 0. The minimum atomic E-state index is 0.0364. The number of hydrogen-bond donors (Lipinski definition) is 1. The Morgan fingerprint density at radius 2 is 2.05 bits per heavy atom. The molecule has 0 unspecified atom stereocenters. The molecule has 2 fully saturated rings. The number of aromatic nitrogens is 1. The molecule has 1 aromatic heterocycles. The van der Waals surface area contributed by atoms with E-state index in [-0.39, 0.29) is 6.03 Å². The van der Waals surface area contributed by atoms with Crippen LogP contribution >= 0.6 is 0 Å². The number of morpholine rings is 1. The third kappa shape index (κ3) is 3.23. The predicted octanol–water partition coefficient (Wildman–Crippen LogP) is 2.02. The molecule has 2 amide bonds. The molecule has 1 saturated heterocycles. The van der Waals surface area contributed by atoms with Crippen molar-refractivity contribution in [3.63, 3.8) is 0 Å². The Labute approximate surface area is 126 Å². The zero-order chi connectivity index (χ0) is 14.8. The summed E-state index contributed by atoms with van der Waals surface area (Å²) in [6, 6.07) is 3.03. The lowest BCUT2D eigenvalue weighted by molar-refractivity contribution is 0.0533. The summed E-state index contributed by atoms with van der Waals surface area (Å²) in [5.74, 6) is 0. The molecule has 2 aliphatic rings. The summed E-state index contributed by atoms with van der Waals surface area (Å²) in [7, 11) is 0. The molecule has 1 aliphatic carbocycles. The highest BCUT2D eigenvalue weighted by atomic mass is 16.5. The monoisotopic (exact) mass is 291 g/mol. The fourth-order valence-corrected chi connectivity index (χ4v) is 3.18. The molecule has 5 nitrogen and oxygen atoms in total. The summed E-state index contributed by atoms with van der Waals surface area (Å²) in [5, 5.41) is 3.02. The SMILES string of the molecule is Cc1cc(CCNC(=O)N2CCOCC2)c(C)n1C1CC1. The number of amides is 2. The van der Waals surface area contributed by atoms with E-state index in [0.29, 0.717) is 32.8 Å². The van der Waals surface area contributed by atoms with Gasteiger partial charge in [-0.05, 0) is 44.7 Å². The topological polar surface area (TPSA) is 46.5 Å². The largest absolute Gasteiger partial charge is 0.378 e. The van der Waals surface area contributed by atoms with Crippen LogP contribution in [0.1, 0.15) is 35.8 Å². The fourth-order valence-electron chi connectivity index (χ4n) is 3.18. The van der Waals surface area contributed by atoms with Gasteiger partial charge in [0, 0.05) is 37.1 Å². The Morgan fingerprint density at radius 3 is 2.71 bits per heavy atom. The summed E-state index contributed by atoms with van der Waals surface area (Å²) in [6.07, 6.45) is 3.52. The smallest absolute Gasteiger partial charge is 0.317 e. The molecule has 1 aromatic rings. The molecule has 3 rings (SSSR count). The van der Waals surface area contributed by atoms with Crippen molar-refractivity contribution >= 4 is 6.03 Å². The summed E-state index contributed by atoms with van der Waals surface area (Å²) in [6.45, 7) is 7.77. The number of rotatable bonds is 4. The number of carbonyl (C=O) groups is 1. The van der Waals surface area contributed by atoms with Gasteiger partial charge in [0.1, 0.15) is 0 Å². The minimum Gasteiger partial charge on any atom is -0.378 e. The van der Waals surface area contributed by atoms with Crippen molar-refractivity contribution < 1.29 is 9.53 Å². The zero-order valence-electron chi connectivity index (χ0n) is 13.0. The maximum absolute atomic E-state index is 12.0. The van der Waals surface area contributed by atoms with Gasteiger partial charge in [-0.15, -0.1) is 0 Å². The molecule has 1 aliphatic heterocycles. The van der Waals surface area contributed by atoms with E-state index in [2.05, 4.69) is 29.8 Å². The molecule has 116 valence electrons. The van der Waals surface area contributed by atoms with Crippen molar-refractivity contribution in [1.82, 2.24) is 14.8 Å². The van der Waals surface area contributed by atoms with Gasteiger partial charge in [-0.1, -0.05) is 0 Å². The first-order valence-electron chi connectivity index (χ1n) is 7.94. The van der Waals surface area contributed by atoms with Gasteiger partial charge in [-0.25, -0.2) is 4.79 Å². The molecule has 0 atom stereocenters. The van der Waals surface area contributed by atoms with E-state index in [1.54, 1.807) is 0 Å². The van der Waals surface area contributed by atoms with Crippen LogP contribution in [0.25, 0.3) is 0 Å². The molecule has 0 aromatic carbocycles. The van der Waals surface area contributed by atoms with E-state index in [1.165, 1.54) is 29.8 Å². The highest BCUT2D eigenvalue weighted by molar-refractivity contribution is 5.74.